The Kier molecular flexibility index (Phi) is 3.15. The van der Waals surface area contributed by atoms with E-state index in [4.69, 9.17) is 0 Å². The second-order valence-corrected chi connectivity index (χ2v) is 5.11. The van der Waals surface area contributed by atoms with Crippen molar-refractivity contribution in [3.8, 4) is 0 Å². The van der Waals surface area contributed by atoms with Crippen molar-refractivity contribution in [1.29, 1.82) is 0 Å². The fourth-order valence-corrected chi connectivity index (χ4v) is 2.31. The Hall–Kier alpha value is -2.35. The van der Waals surface area contributed by atoms with Crippen LogP contribution in [-0.2, 0) is 0 Å². The maximum absolute atomic E-state index is 13.3. The van der Waals surface area contributed by atoms with Gasteiger partial charge in [0.2, 0.25) is 0 Å². The molecule has 0 aliphatic heterocycles. The highest BCUT2D eigenvalue weighted by Gasteiger charge is 2.02. The molecule has 0 saturated heterocycles. The maximum atomic E-state index is 13.3. The van der Waals surface area contributed by atoms with Crippen LogP contribution in [0.3, 0.4) is 0 Å². The van der Waals surface area contributed by atoms with Crippen LogP contribution in [0.5, 0.6) is 0 Å². The van der Waals surface area contributed by atoms with Crippen LogP contribution in [0.4, 0.5) is 4.39 Å². The number of aromatic amines is 1. The summed E-state index contributed by atoms with van der Waals surface area (Å²) in [4.78, 5) is 3.15. The molecule has 20 heavy (non-hydrogen) atoms. The summed E-state index contributed by atoms with van der Waals surface area (Å²) in [5, 5.41) is 0.907. The molecule has 3 aromatic rings. The highest BCUT2D eigenvalue weighted by atomic mass is 19.1. The normalized spacial score (nSPS) is 11.6. The lowest BCUT2D eigenvalue weighted by molar-refractivity contribution is 0.629. The molecule has 0 bridgehead atoms. The minimum absolute atomic E-state index is 0.210. The first-order valence-corrected chi connectivity index (χ1v) is 6.65. The molecular formula is C18H16FN. The Morgan fingerprint density at radius 1 is 0.950 bits per heavy atom. The van der Waals surface area contributed by atoms with Gasteiger partial charge < -0.3 is 4.98 Å². The number of fused-ring (bicyclic) bond motifs is 1. The summed E-state index contributed by atoms with van der Waals surface area (Å²) in [7, 11) is 0. The first-order valence-electron chi connectivity index (χ1n) is 6.65. The molecule has 2 aromatic carbocycles. The molecule has 0 spiro atoms. The SMILES string of the molecule is Cc1ccc(/C=C/c2c[nH]c3ccc(F)cc23)cc1C. The van der Waals surface area contributed by atoms with E-state index in [1.54, 1.807) is 12.1 Å². The van der Waals surface area contributed by atoms with E-state index in [2.05, 4.69) is 43.1 Å². The lowest BCUT2D eigenvalue weighted by atomic mass is 10.1. The van der Waals surface area contributed by atoms with Gasteiger partial charge in [0.1, 0.15) is 5.82 Å². The standard InChI is InChI=1S/C18H16FN/c1-12-3-4-14(9-13(12)2)5-6-15-11-20-18-8-7-16(19)10-17(15)18/h3-11,20H,1-2H3/b6-5+. The monoisotopic (exact) mass is 265 g/mol. The first-order chi connectivity index (χ1) is 9.63. The smallest absolute Gasteiger partial charge is 0.123 e. The van der Waals surface area contributed by atoms with Gasteiger partial charge in [-0.05, 0) is 54.3 Å². The molecule has 0 amide bonds. The lowest BCUT2D eigenvalue weighted by Crippen LogP contribution is -1.81. The maximum Gasteiger partial charge on any atom is 0.123 e. The van der Waals surface area contributed by atoms with E-state index in [-0.39, 0.29) is 5.82 Å². The molecule has 2 heteroatoms. The highest BCUT2D eigenvalue weighted by molar-refractivity contribution is 5.91. The number of H-pyrrole nitrogens is 1. The van der Waals surface area contributed by atoms with Crippen molar-refractivity contribution in [3.63, 3.8) is 0 Å². The zero-order chi connectivity index (χ0) is 14.1. The molecular weight excluding hydrogens is 249 g/mol. The summed E-state index contributed by atoms with van der Waals surface area (Å²) >= 11 is 0. The van der Waals surface area contributed by atoms with Gasteiger partial charge in [0.15, 0.2) is 0 Å². The number of halogens is 1. The van der Waals surface area contributed by atoms with Gasteiger partial charge in [0.25, 0.3) is 0 Å². The Bertz CT molecular complexity index is 796. The fourth-order valence-electron chi connectivity index (χ4n) is 2.31. The second-order valence-electron chi connectivity index (χ2n) is 5.11. The average Bonchev–Trinajstić information content (AvgIpc) is 2.82. The molecule has 0 saturated carbocycles. The van der Waals surface area contributed by atoms with Crippen LogP contribution < -0.4 is 0 Å². The third kappa shape index (κ3) is 2.37. The van der Waals surface area contributed by atoms with Crippen molar-refractivity contribution in [2.24, 2.45) is 0 Å². The number of hydrogen-bond donors (Lipinski definition) is 1. The van der Waals surface area contributed by atoms with Gasteiger partial charge in [0, 0.05) is 17.1 Å². The molecule has 1 aromatic heterocycles. The van der Waals surface area contributed by atoms with E-state index < -0.39 is 0 Å². The van der Waals surface area contributed by atoms with E-state index in [0.717, 1.165) is 22.0 Å². The number of benzene rings is 2. The Morgan fingerprint density at radius 3 is 2.60 bits per heavy atom. The summed E-state index contributed by atoms with van der Waals surface area (Å²) in [5.74, 6) is -0.210. The summed E-state index contributed by atoms with van der Waals surface area (Å²) in [6.45, 7) is 4.21. The Balaban J connectivity index is 1.97. The Labute approximate surface area is 117 Å². The predicted octanol–water partition coefficient (Wildman–Crippen LogP) is 5.09. The van der Waals surface area contributed by atoms with E-state index in [1.165, 1.54) is 17.2 Å². The van der Waals surface area contributed by atoms with Crippen molar-refractivity contribution in [2.75, 3.05) is 0 Å². The Morgan fingerprint density at radius 2 is 1.80 bits per heavy atom. The predicted molar refractivity (Wildman–Crippen MR) is 83.1 cm³/mol. The molecule has 0 atom stereocenters. The van der Waals surface area contributed by atoms with Crippen LogP contribution in [0.25, 0.3) is 23.1 Å². The van der Waals surface area contributed by atoms with Crippen LogP contribution in [0.15, 0.2) is 42.6 Å². The van der Waals surface area contributed by atoms with Crippen LogP contribution in [0.1, 0.15) is 22.3 Å². The van der Waals surface area contributed by atoms with Gasteiger partial charge in [-0.1, -0.05) is 30.4 Å². The molecule has 3 rings (SSSR count). The van der Waals surface area contributed by atoms with Crippen LogP contribution >= 0.6 is 0 Å². The first kappa shape index (κ1) is 12.7. The zero-order valence-corrected chi connectivity index (χ0v) is 11.6. The van der Waals surface area contributed by atoms with E-state index in [1.807, 2.05) is 12.3 Å². The van der Waals surface area contributed by atoms with Crippen molar-refractivity contribution >= 4 is 23.1 Å². The van der Waals surface area contributed by atoms with Crippen LogP contribution in [0, 0.1) is 19.7 Å². The number of aryl methyl sites for hydroxylation is 2. The molecule has 1 N–H and O–H groups in total. The van der Waals surface area contributed by atoms with E-state index >= 15 is 0 Å². The zero-order valence-electron chi connectivity index (χ0n) is 11.6. The van der Waals surface area contributed by atoms with E-state index in [0.29, 0.717) is 0 Å². The fraction of sp³-hybridized carbons (Fsp3) is 0.111. The summed E-state index contributed by atoms with van der Waals surface area (Å²) < 4.78 is 13.3. The molecule has 1 nitrogen and oxygen atoms in total. The third-order valence-corrected chi connectivity index (χ3v) is 3.66. The average molecular weight is 265 g/mol. The second kappa shape index (κ2) is 4.97. The largest absolute Gasteiger partial charge is 0.361 e. The van der Waals surface area contributed by atoms with Crippen molar-refractivity contribution < 1.29 is 4.39 Å². The van der Waals surface area contributed by atoms with Crippen molar-refractivity contribution in [3.05, 3.63) is 70.7 Å². The van der Waals surface area contributed by atoms with Gasteiger partial charge in [-0.15, -0.1) is 0 Å². The minimum atomic E-state index is -0.210. The quantitative estimate of drug-likeness (QED) is 0.664. The lowest BCUT2D eigenvalue weighted by Gasteiger charge is -2.00. The molecule has 0 aliphatic rings. The molecule has 1 heterocycles. The summed E-state index contributed by atoms with van der Waals surface area (Å²) in [6, 6.07) is 11.2. The minimum Gasteiger partial charge on any atom is -0.361 e. The molecule has 0 radical (unpaired) electrons. The molecule has 0 unspecified atom stereocenters. The number of hydrogen-bond acceptors (Lipinski definition) is 0. The van der Waals surface area contributed by atoms with Crippen LogP contribution in [-0.4, -0.2) is 4.98 Å². The number of nitrogens with one attached hydrogen (secondary N) is 1. The number of aromatic nitrogens is 1. The van der Waals surface area contributed by atoms with Gasteiger partial charge in [-0.25, -0.2) is 4.39 Å². The number of rotatable bonds is 2. The third-order valence-electron chi connectivity index (χ3n) is 3.66. The molecule has 0 aliphatic carbocycles. The van der Waals surface area contributed by atoms with Crippen LogP contribution in [0.2, 0.25) is 0 Å². The highest BCUT2D eigenvalue weighted by Crippen LogP contribution is 2.21. The van der Waals surface area contributed by atoms with Gasteiger partial charge in [-0.3, -0.25) is 0 Å². The summed E-state index contributed by atoms with van der Waals surface area (Å²) in [6.07, 6.45) is 5.98. The molecule has 100 valence electrons. The van der Waals surface area contributed by atoms with Crippen molar-refractivity contribution in [2.45, 2.75) is 13.8 Å². The van der Waals surface area contributed by atoms with Gasteiger partial charge in [0.05, 0.1) is 0 Å². The topological polar surface area (TPSA) is 15.8 Å². The molecule has 0 fully saturated rings. The van der Waals surface area contributed by atoms with E-state index in [9.17, 15) is 4.39 Å². The summed E-state index contributed by atoms with van der Waals surface area (Å²) in [5.41, 5.74) is 5.66. The van der Waals surface area contributed by atoms with Gasteiger partial charge in [-0.2, -0.15) is 0 Å². The van der Waals surface area contributed by atoms with Gasteiger partial charge >= 0.3 is 0 Å². The van der Waals surface area contributed by atoms with Crippen molar-refractivity contribution in [1.82, 2.24) is 4.98 Å².